The molecule has 0 saturated heterocycles. The first-order valence-electron chi connectivity index (χ1n) is 6.97. The predicted molar refractivity (Wildman–Crippen MR) is 92.9 cm³/mol. The van der Waals surface area contributed by atoms with Crippen molar-refractivity contribution in [3.05, 3.63) is 62.0 Å². The van der Waals surface area contributed by atoms with E-state index in [-0.39, 0.29) is 12.1 Å². The van der Waals surface area contributed by atoms with E-state index < -0.39 is 0 Å². The molecular weight excluding hydrogens is 394 g/mol. The van der Waals surface area contributed by atoms with E-state index in [2.05, 4.69) is 68.4 Å². The molecule has 21 heavy (non-hydrogen) atoms. The Labute approximate surface area is 142 Å². The Morgan fingerprint density at radius 3 is 2.67 bits per heavy atom. The van der Waals surface area contributed by atoms with Gasteiger partial charge in [0.05, 0.1) is 6.04 Å². The van der Waals surface area contributed by atoms with Crippen LogP contribution in [0.25, 0.3) is 0 Å². The third-order valence-corrected chi connectivity index (χ3v) is 5.51. The Bertz CT molecular complexity index is 647. The SMILES string of the molecule is CNC(c1cc(Br)c(C)cc1Br)C1Cc2ccccc2O1. The predicted octanol–water partition coefficient (Wildman–Crippen LogP) is 4.78. The van der Waals surface area contributed by atoms with Crippen LogP contribution < -0.4 is 10.1 Å². The highest BCUT2D eigenvalue weighted by molar-refractivity contribution is 9.11. The van der Waals surface area contributed by atoms with Crippen LogP contribution in [0.15, 0.2) is 45.3 Å². The summed E-state index contributed by atoms with van der Waals surface area (Å²) < 4.78 is 8.38. The molecule has 1 heterocycles. The van der Waals surface area contributed by atoms with Crippen molar-refractivity contribution in [3.8, 4) is 5.75 Å². The molecule has 2 atom stereocenters. The maximum atomic E-state index is 6.14. The van der Waals surface area contributed by atoms with Crippen LogP contribution in [0.2, 0.25) is 0 Å². The molecular formula is C17H17Br2NO. The lowest BCUT2D eigenvalue weighted by molar-refractivity contribution is 0.183. The molecule has 0 aliphatic carbocycles. The molecule has 0 spiro atoms. The summed E-state index contributed by atoms with van der Waals surface area (Å²) in [4.78, 5) is 0. The van der Waals surface area contributed by atoms with Crippen LogP contribution in [-0.2, 0) is 6.42 Å². The quantitative estimate of drug-likeness (QED) is 0.785. The highest BCUT2D eigenvalue weighted by Gasteiger charge is 2.31. The molecule has 1 N–H and O–H groups in total. The zero-order valence-corrected chi connectivity index (χ0v) is 15.2. The normalized spacial score (nSPS) is 18.2. The van der Waals surface area contributed by atoms with E-state index in [0.717, 1.165) is 21.1 Å². The van der Waals surface area contributed by atoms with Crippen molar-refractivity contribution in [2.24, 2.45) is 0 Å². The highest BCUT2D eigenvalue weighted by Crippen LogP contribution is 2.37. The van der Waals surface area contributed by atoms with Gasteiger partial charge in [-0.1, -0.05) is 50.1 Å². The maximum absolute atomic E-state index is 6.14. The summed E-state index contributed by atoms with van der Waals surface area (Å²) in [6, 6.07) is 12.7. The van der Waals surface area contributed by atoms with E-state index in [1.807, 2.05) is 19.2 Å². The van der Waals surface area contributed by atoms with E-state index in [9.17, 15) is 0 Å². The monoisotopic (exact) mass is 409 g/mol. The number of hydrogen-bond donors (Lipinski definition) is 1. The molecule has 3 rings (SSSR count). The summed E-state index contributed by atoms with van der Waals surface area (Å²) in [5, 5.41) is 3.41. The van der Waals surface area contributed by atoms with E-state index in [4.69, 9.17) is 4.74 Å². The molecule has 2 nitrogen and oxygen atoms in total. The van der Waals surface area contributed by atoms with Gasteiger partial charge in [0.15, 0.2) is 0 Å². The van der Waals surface area contributed by atoms with Gasteiger partial charge in [-0.05, 0) is 48.9 Å². The summed E-state index contributed by atoms with van der Waals surface area (Å²) in [5.74, 6) is 1.00. The van der Waals surface area contributed by atoms with Crippen LogP contribution in [0.5, 0.6) is 5.75 Å². The van der Waals surface area contributed by atoms with Gasteiger partial charge < -0.3 is 10.1 Å². The standard InChI is InChI=1S/C17H17Br2NO/c1-10-7-14(19)12(9-13(10)18)17(20-2)16-8-11-5-3-4-6-15(11)21-16/h3-7,9,16-17,20H,8H2,1-2H3. The van der Waals surface area contributed by atoms with Crippen molar-refractivity contribution < 1.29 is 4.74 Å². The molecule has 4 heteroatoms. The minimum absolute atomic E-state index is 0.110. The van der Waals surface area contributed by atoms with Crippen molar-refractivity contribution in [1.29, 1.82) is 0 Å². The van der Waals surface area contributed by atoms with Gasteiger partial charge in [-0.25, -0.2) is 0 Å². The van der Waals surface area contributed by atoms with Gasteiger partial charge in [0.1, 0.15) is 11.9 Å². The topological polar surface area (TPSA) is 21.3 Å². The minimum Gasteiger partial charge on any atom is -0.488 e. The number of likely N-dealkylation sites (N-methyl/N-ethyl adjacent to an activating group) is 1. The highest BCUT2D eigenvalue weighted by atomic mass is 79.9. The zero-order chi connectivity index (χ0) is 15.0. The molecule has 110 valence electrons. The molecule has 1 aliphatic rings. The van der Waals surface area contributed by atoms with Crippen LogP contribution in [0.1, 0.15) is 22.7 Å². The van der Waals surface area contributed by atoms with Gasteiger partial charge in [0.2, 0.25) is 0 Å². The Hall–Kier alpha value is -0.840. The van der Waals surface area contributed by atoms with E-state index in [1.54, 1.807) is 0 Å². The molecule has 0 fully saturated rings. The van der Waals surface area contributed by atoms with Crippen molar-refractivity contribution in [2.45, 2.75) is 25.5 Å². The number of nitrogens with one attached hydrogen (secondary N) is 1. The summed E-state index contributed by atoms with van der Waals surface area (Å²) >= 11 is 7.31. The van der Waals surface area contributed by atoms with Crippen molar-refractivity contribution in [2.75, 3.05) is 7.05 Å². The average Bonchev–Trinajstić information content (AvgIpc) is 2.88. The van der Waals surface area contributed by atoms with E-state index >= 15 is 0 Å². The van der Waals surface area contributed by atoms with Gasteiger partial charge in [-0.2, -0.15) is 0 Å². The minimum atomic E-state index is 0.110. The van der Waals surface area contributed by atoms with Gasteiger partial charge in [0.25, 0.3) is 0 Å². The summed E-state index contributed by atoms with van der Waals surface area (Å²) in [5.41, 5.74) is 3.72. The van der Waals surface area contributed by atoms with Gasteiger partial charge in [-0.3, -0.25) is 0 Å². The third-order valence-electron chi connectivity index (χ3n) is 3.97. The van der Waals surface area contributed by atoms with Gasteiger partial charge in [0, 0.05) is 15.4 Å². The second-order valence-electron chi connectivity index (χ2n) is 5.36. The lowest BCUT2D eigenvalue weighted by Gasteiger charge is -2.25. The van der Waals surface area contributed by atoms with Crippen LogP contribution in [0.4, 0.5) is 0 Å². The zero-order valence-electron chi connectivity index (χ0n) is 12.0. The first-order valence-corrected chi connectivity index (χ1v) is 8.56. The molecule has 0 radical (unpaired) electrons. The lowest BCUT2D eigenvalue weighted by atomic mass is 9.97. The average molecular weight is 411 g/mol. The van der Waals surface area contributed by atoms with Gasteiger partial charge in [-0.15, -0.1) is 0 Å². The Balaban J connectivity index is 1.92. The van der Waals surface area contributed by atoms with Crippen LogP contribution in [0, 0.1) is 6.92 Å². The smallest absolute Gasteiger partial charge is 0.123 e. The molecule has 2 unspecified atom stereocenters. The summed E-state index contributed by atoms with van der Waals surface area (Å²) in [6.07, 6.45) is 1.04. The van der Waals surface area contributed by atoms with Crippen molar-refractivity contribution in [1.82, 2.24) is 5.32 Å². The molecule has 2 aromatic carbocycles. The second kappa shape index (κ2) is 6.11. The number of fused-ring (bicyclic) bond motifs is 1. The van der Waals surface area contributed by atoms with Crippen LogP contribution in [0.3, 0.4) is 0 Å². The van der Waals surface area contributed by atoms with Crippen molar-refractivity contribution >= 4 is 31.9 Å². The largest absolute Gasteiger partial charge is 0.488 e. The molecule has 0 aromatic heterocycles. The summed E-state index contributed by atoms with van der Waals surface area (Å²) in [7, 11) is 1.98. The van der Waals surface area contributed by atoms with Crippen LogP contribution >= 0.6 is 31.9 Å². The number of rotatable bonds is 3. The molecule has 0 saturated carbocycles. The number of benzene rings is 2. The first kappa shape index (κ1) is 15.1. The molecule has 2 aromatic rings. The fourth-order valence-corrected chi connectivity index (χ4v) is 3.90. The molecule has 0 amide bonds. The Kier molecular flexibility index (Phi) is 4.38. The number of aryl methyl sites for hydroxylation is 1. The second-order valence-corrected chi connectivity index (χ2v) is 7.07. The van der Waals surface area contributed by atoms with Crippen molar-refractivity contribution in [3.63, 3.8) is 0 Å². The Morgan fingerprint density at radius 2 is 1.95 bits per heavy atom. The van der Waals surface area contributed by atoms with E-state index in [1.165, 1.54) is 16.7 Å². The first-order chi connectivity index (χ1) is 10.1. The van der Waals surface area contributed by atoms with Crippen LogP contribution in [-0.4, -0.2) is 13.2 Å². The number of para-hydroxylation sites is 1. The fraction of sp³-hybridized carbons (Fsp3) is 0.294. The number of ether oxygens (including phenoxy) is 1. The Morgan fingerprint density at radius 1 is 1.19 bits per heavy atom. The number of hydrogen-bond acceptors (Lipinski definition) is 2. The fourth-order valence-electron chi connectivity index (χ4n) is 2.84. The molecule has 1 aliphatic heterocycles. The van der Waals surface area contributed by atoms with E-state index in [0.29, 0.717) is 0 Å². The third kappa shape index (κ3) is 2.89. The van der Waals surface area contributed by atoms with Gasteiger partial charge >= 0.3 is 0 Å². The number of halogens is 2. The summed E-state index contributed by atoms with van der Waals surface area (Å²) in [6.45, 7) is 2.09. The lowest BCUT2D eigenvalue weighted by Crippen LogP contribution is -2.33. The molecule has 0 bridgehead atoms. The maximum Gasteiger partial charge on any atom is 0.123 e.